The Balaban J connectivity index is 1.51. The van der Waals surface area contributed by atoms with Gasteiger partial charge in [0, 0.05) is 7.11 Å². The molecular formula is C28H28O7. The largest absolute Gasteiger partial charge is 0.490 e. The summed E-state index contributed by atoms with van der Waals surface area (Å²) in [5.74, 6) is 0.213. The van der Waals surface area contributed by atoms with Gasteiger partial charge >= 0.3 is 11.9 Å². The minimum absolute atomic E-state index is 0.178. The van der Waals surface area contributed by atoms with Gasteiger partial charge in [0.15, 0.2) is 0 Å². The lowest BCUT2D eigenvalue weighted by Crippen LogP contribution is -2.12. The Morgan fingerprint density at radius 3 is 1.89 bits per heavy atom. The average molecular weight is 477 g/mol. The van der Waals surface area contributed by atoms with Gasteiger partial charge in [-0.15, -0.1) is 0 Å². The number of benzene rings is 3. The molecule has 0 N–H and O–H groups in total. The van der Waals surface area contributed by atoms with Crippen molar-refractivity contribution in [3.63, 3.8) is 0 Å². The molecule has 0 amide bonds. The Labute approximate surface area is 204 Å². The summed E-state index contributed by atoms with van der Waals surface area (Å²) in [7, 11) is 1.60. The van der Waals surface area contributed by atoms with Crippen LogP contribution in [0.3, 0.4) is 0 Å². The van der Waals surface area contributed by atoms with Crippen LogP contribution in [0.15, 0.2) is 85.5 Å². The maximum Gasteiger partial charge on any atom is 0.343 e. The van der Waals surface area contributed by atoms with Gasteiger partial charge in [0.05, 0.1) is 30.9 Å². The fraction of sp³-hybridized carbons (Fsp3) is 0.214. The van der Waals surface area contributed by atoms with Gasteiger partial charge in [-0.3, -0.25) is 0 Å². The fourth-order valence-corrected chi connectivity index (χ4v) is 3.04. The standard InChI is InChI=1S/C28H28O7/c1-3-16-33-25-12-10-24(11-13-25)28(30)35-26-14-8-22(9-15-26)21-4-6-23(7-5-21)27(29)34-20-19-32-18-17-31-2/h3-15H,1,16-20H2,2H3. The van der Waals surface area contributed by atoms with Crippen molar-refractivity contribution in [2.24, 2.45) is 0 Å². The van der Waals surface area contributed by atoms with E-state index in [2.05, 4.69) is 6.58 Å². The first-order valence-electron chi connectivity index (χ1n) is 11.1. The Bertz CT molecular complexity index is 1090. The number of hydrogen-bond donors (Lipinski definition) is 0. The van der Waals surface area contributed by atoms with Gasteiger partial charge in [-0.1, -0.05) is 36.9 Å². The number of carbonyl (C=O) groups is 2. The number of carbonyl (C=O) groups excluding carboxylic acids is 2. The maximum atomic E-state index is 12.4. The molecular weight excluding hydrogens is 448 g/mol. The number of ether oxygens (including phenoxy) is 5. The van der Waals surface area contributed by atoms with Gasteiger partial charge in [0.2, 0.25) is 0 Å². The second-order valence-corrected chi connectivity index (χ2v) is 7.36. The normalized spacial score (nSPS) is 10.4. The summed E-state index contributed by atoms with van der Waals surface area (Å²) < 4.78 is 26.2. The van der Waals surface area contributed by atoms with E-state index in [1.165, 1.54) is 0 Å². The maximum absolute atomic E-state index is 12.4. The van der Waals surface area contributed by atoms with E-state index in [0.717, 1.165) is 11.1 Å². The van der Waals surface area contributed by atoms with Crippen LogP contribution in [0.2, 0.25) is 0 Å². The molecule has 0 saturated carbocycles. The highest BCUT2D eigenvalue weighted by atomic mass is 16.6. The van der Waals surface area contributed by atoms with Crippen LogP contribution in [0, 0.1) is 0 Å². The average Bonchev–Trinajstić information content (AvgIpc) is 2.90. The topological polar surface area (TPSA) is 80.3 Å². The molecule has 7 heteroatoms. The van der Waals surface area contributed by atoms with Crippen molar-refractivity contribution in [2.75, 3.05) is 40.1 Å². The van der Waals surface area contributed by atoms with Crippen LogP contribution in [0.25, 0.3) is 11.1 Å². The summed E-state index contributed by atoms with van der Waals surface area (Å²) in [6, 6.07) is 20.9. The molecule has 3 rings (SSSR count). The van der Waals surface area contributed by atoms with Crippen LogP contribution in [0.5, 0.6) is 11.5 Å². The van der Waals surface area contributed by atoms with Crippen LogP contribution in [-0.4, -0.2) is 52.1 Å². The van der Waals surface area contributed by atoms with E-state index in [1.807, 2.05) is 24.3 Å². The van der Waals surface area contributed by atoms with Gasteiger partial charge < -0.3 is 23.7 Å². The van der Waals surface area contributed by atoms with E-state index in [0.29, 0.717) is 49.1 Å². The van der Waals surface area contributed by atoms with Gasteiger partial charge in [-0.2, -0.15) is 0 Å². The lowest BCUT2D eigenvalue weighted by atomic mass is 10.0. The molecule has 0 heterocycles. The Morgan fingerprint density at radius 2 is 1.26 bits per heavy atom. The van der Waals surface area contributed by atoms with Crippen molar-refractivity contribution >= 4 is 11.9 Å². The van der Waals surface area contributed by atoms with Crippen LogP contribution in [0.1, 0.15) is 20.7 Å². The zero-order valence-corrected chi connectivity index (χ0v) is 19.6. The monoisotopic (exact) mass is 476 g/mol. The van der Waals surface area contributed by atoms with Crippen LogP contribution in [-0.2, 0) is 14.2 Å². The van der Waals surface area contributed by atoms with Crippen molar-refractivity contribution in [1.29, 1.82) is 0 Å². The molecule has 0 aliphatic heterocycles. The molecule has 7 nitrogen and oxygen atoms in total. The van der Waals surface area contributed by atoms with E-state index in [1.54, 1.807) is 61.7 Å². The number of hydrogen-bond acceptors (Lipinski definition) is 7. The van der Waals surface area contributed by atoms with Crippen molar-refractivity contribution in [2.45, 2.75) is 0 Å². The molecule has 0 aliphatic carbocycles. The highest BCUT2D eigenvalue weighted by molar-refractivity contribution is 5.91. The highest BCUT2D eigenvalue weighted by Gasteiger charge is 2.10. The molecule has 0 fully saturated rings. The Morgan fingerprint density at radius 1 is 0.714 bits per heavy atom. The zero-order valence-electron chi connectivity index (χ0n) is 19.6. The number of methoxy groups -OCH3 is 1. The lowest BCUT2D eigenvalue weighted by Gasteiger charge is -2.08. The Hall–Kier alpha value is -3.94. The minimum Gasteiger partial charge on any atom is -0.490 e. The van der Waals surface area contributed by atoms with Gasteiger partial charge in [-0.05, 0) is 59.7 Å². The first kappa shape index (κ1) is 25.7. The number of esters is 2. The molecule has 0 aliphatic rings. The predicted molar refractivity (Wildman–Crippen MR) is 132 cm³/mol. The van der Waals surface area contributed by atoms with Crippen molar-refractivity contribution in [1.82, 2.24) is 0 Å². The van der Waals surface area contributed by atoms with Gasteiger partial charge in [0.25, 0.3) is 0 Å². The van der Waals surface area contributed by atoms with E-state index < -0.39 is 11.9 Å². The second kappa shape index (κ2) is 13.7. The second-order valence-electron chi connectivity index (χ2n) is 7.36. The number of rotatable bonds is 13. The molecule has 0 atom stereocenters. The molecule has 0 saturated heterocycles. The molecule has 35 heavy (non-hydrogen) atoms. The molecule has 3 aromatic rings. The lowest BCUT2D eigenvalue weighted by molar-refractivity contribution is 0.0213. The third-order valence-corrected chi connectivity index (χ3v) is 4.87. The summed E-state index contributed by atoms with van der Waals surface area (Å²) in [6.07, 6.45) is 1.65. The molecule has 3 aromatic carbocycles. The molecule has 0 unspecified atom stereocenters. The fourth-order valence-electron chi connectivity index (χ4n) is 3.04. The predicted octanol–water partition coefficient (Wildman–Crippen LogP) is 4.96. The van der Waals surface area contributed by atoms with E-state index in [4.69, 9.17) is 23.7 Å². The van der Waals surface area contributed by atoms with Gasteiger partial charge in [-0.25, -0.2) is 9.59 Å². The first-order valence-corrected chi connectivity index (χ1v) is 11.1. The highest BCUT2D eigenvalue weighted by Crippen LogP contribution is 2.24. The van der Waals surface area contributed by atoms with Crippen molar-refractivity contribution < 1.29 is 33.3 Å². The van der Waals surface area contributed by atoms with Crippen LogP contribution < -0.4 is 9.47 Å². The molecule has 0 radical (unpaired) electrons. The van der Waals surface area contributed by atoms with E-state index >= 15 is 0 Å². The third kappa shape index (κ3) is 8.10. The van der Waals surface area contributed by atoms with Crippen LogP contribution >= 0.6 is 0 Å². The molecule has 0 aromatic heterocycles. The molecule has 0 spiro atoms. The SMILES string of the molecule is C=CCOc1ccc(C(=O)Oc2ccc(-c3ccc(C(=O)OCCOCCOC)cc3)cc2)cc1. The summed E-state index contributed by atoms with van der Waals surface area (Å²) in [4.78, 5) is 24.5. The van der Waals surface area contributed by atoms with E-state index in [9.17, 15) is 9.59 Å². The van der Waals surface area contributed by atoms with Crippen LogP contribution in [0.4, 0.5) is 0 Å². The quantitative estimate of drug-likeness (QED) is 0.149. The zero-order chi connectivity index (χ0) is 24.9. The van der Waals surface area contributed by atoms with E-state index in [-0.39, 0.29) is 6.61 Å². The summed E-state index contributed by atoms with van der Waals surface area (Å²) in [5, 5.41) is 0. The minimum atomic E-state index is -0.458. The molecule has 182 valence electrons. The summed E-state index contributed by atoms with van der Waals surface area (Å²) in [6.45, 7) is 5.45. The smallest absolute Gasteiger partial charge is 0.343 e. The summed E-state index contributed by atoms with van der Waals surface area (Å²) >= 11 is 0. The van der Waals surface area contributed by atoms with Gasteiger partial charge in [0.1, 0.15) is 24.7 Å². The van der Waals surface area contributed by atoms with Crippen molar-refractivity contribution in [3.8, 4) is 22.6 Å². The summed E-state index contributed by atoms with van der Waals surface area (Å²) in [5.41, 5.74) is 2.71. The third-order valence-electron chi connectivity index (χ3n) is 4.87. The van der Waals surface area contributed by atoms with Crippen molar-refractivity contribution in [3.05, 3.63) is 96.6 Å². The Kier molecular flexibility index (Phi) is 10.0. The molecule has 0 bridgehead atoms. The first-order chi connectivity index (χ1) is 17.1.